The Balaban J connectivity index is 2.22. The van der Waals surface area contributed by atoms with Crippen LogP contribution in [0, 0.1) is 5.92 Å². The molecule has 46 valence electrons. The lowest BCUT2D eigenvalue weighted by Gasteiger charge is -2.16. The average Bonchev–Trinajstić information content (AvgIpc) is 1.90. The van der Waals surface area contributed by atoms with Crippen LogP contribution >= 0.6 is 0 Å². The van der Waals surface area contributed by atoms with E-state index in [2.05, 4.69) is 5.48 Å². The zero-order valence-electron chi connectivity index (χ0n) is 4.59. The van der Waals surface area contributed by atoms with Crippen molar-refractivity contribution in [1.82, 2.24) is 5.48 Å². The molecule has 1 heterocycles. The Bertz CT molecular complexity index is 78.5. The smallest absolute Gasteiger partial charge is 0.125 e. The van der Waals surface area contributed by atoms with E-state index in [1.54, 1.807) is 0 Å². The summed E-state index contributed by atoms with van der Waals surface area (Å²) in [6.45, 7) is 1.33. The average molecular weight is 115 g/mol. The van der Waals surface area contributed by atoms with Gasteiger partial charge in [0.2, 0.25) is 0 Å². The molecule has 1 N–H and O–H groups in total. The van der Waals surface area contributed by atoms with Gasteiger partial charge in [0, 0.05) is 12.5 Å². The first-order valence-electron chi connectivity index (χ1n) is 2.73. The number of hydrogen-bond acceptors (Lipinski definition) is 3. The van der Waals surface area contributed by atoms with Crippen LogP contribution in [0.15, 0.2) is 0 Å². The summed E-state index contributed by atoms with van der Waals surface area (Å²) in [6, 6.07) is 0. The highest BCUT2D eigenvalue weighted by molar-refractivity contribution is 5.53. The van der Waals surface area contributed by atoms with E-state index in [1.165, 1.54) is 0 Å². The third kappa shape index (κ3) is 1.28. The van der Waals surface area contributed by atoms with Gasteiger partial charge in [0.15, 0.2) is 0 Å². The van der Waals surface area contributed by atoms with Gasteiger partial charge in [0.25, 0.3) is 0 Å². The molecule has 3 heteroatoms. The topological polar surface area (TPSA) is 38.3 Å². The molecular formula is C5H9NO2. The van der Waals surface area contributed by atoms with Crippen molar-refractivity contribution in [3.8, 4) is 0 Å². The van der Waals surface area contributed by atoms with Crippen LogP contribution in [0.2, 0.25) is 0 Å². The van der Waals surface area contributed by atoms with Crippen LogP contribution in [0.25, 0.3) is 0 Å². The lowest BCUT2D eigenvalue weighted by atomic mass is 10.1. The van der Waals surface area contributed by atoms with Crippen molar-refractivity contribution in [2.24, 2.45) is 5.92 Å². The van der Waals surface area contributed by atoms with Gasteiger partial charge in [-0.15, -0.1) is 0 Å². The van der Waals surface area contributed by atoms with E-state index in [9.17, 15) is 4.79 Å². The number of aldehydes is 1. The Hall–Kier alpha value is -0.410. The number of carbonyl (C=O) groups is 1. The molecule has 0 aromatic rings. The number of rotatable bonds is 1. The van der Waals surface area contributed by atoms with Gasteiger partial charge in [-0.2, -0.15) is 0 Å². The molecule has 1 aliphatic rings. The molecule has 8 heavy (non-hydrogen) atoms. The molecule has 3 nitrogen and oxygen atoms in total. The third-order valence-corrected chi connectivity index (χ3v) is 1.21. The molecule has 0 bridgehead atoms. The van der Waals surface area contributed by atoms with Crippen LogP contribution in [0.4, 0.5) is 0 Å². The summed E-state index contributed by atoms with van der Waals surface area (Å²) in [5.74, 6) is 0.122. The summed E-state index contributed by atoms with van der Waals surface area (Å²) in [4.78, 5) is 14.8. The van der Waals surface area contributed by atoms with Gasteiger partial charge in [-0.25, -0.2) is 5.48 Å². The molecule has 1 unspecified atom stereocenters. The minimum absolute atomic E-state index is 0.122. The standard InChI is InChI=1S/C5H9NO2/c7-3-5-1-2-6-8-4-5/h3,5-6H,1-2,4H2. The maximum atomic E-state index is 10.1. The van der Waals surface area contributed by atoms with Gasteiger partial charge < -0.3 is 9.63 Å². The minimum atomic E-state index is 0.122. The zero-order valence-corrected chi connectivity index (χ0v) is 4.59. The maximum absolute atomic E-state index is 10.1. The lowest BCUT2D eigenvalue weighted by molar-refractivity contribution is -0.117. The fourth-order valence-electron chi connectivity index (χ4n) is 0.673. The molecule has 0 aromatic heterocycles. The van der Waals surface area contributed by atoms with Crippen LogP contribution < -0.4 is 5.48 Å². The Morgan fingerprint density at radius 1 is 1.75 bits per heavy atom. The fraction of sp³-hybridized carbons (Fsp3) is 0.800. The van der Waals surface area contributed by atoms with E-state index in [4.69, 9.17) is 4.84 Å². The Morgan fingerprint density at radius 3 is 3.00 bits per heavy atom. The molecule has 0 aliphatic carbocycles. The molecule has 0 saturated carbocycles. The summed E-state index contributed by atoms with van der Waals surface area (Å²) >= 11 is 0. The van der Waals surface area contributed by atoms with E-state index >= 15 is 0 Å². The molecule has 1 fully saturated rings. The first-order valence-corrected chi connectivity index (χ1v) is 2.73. The molecule has 0 radical (unpaired) electrons. The second kappa shape index (κ2) is 2.79. The van der Waals surface area contributed by atoms with Crippen molar-refractivity contribution in [1.29, 1.82) is 0 Å². The molecule has 1 saturated heterocycles. The summed E-state index contributed by atoms with van der Waals surface area (Å²) in [6.07, 6.45) is 1.85. The molecule has 0 amide bonds. The zero-order chi connectivity index (χ0) is 5.82. The van der Waals surface area contributed by atoms with E-state index in [0.29, 0.717) is 6.61 Å². The van der Waals surface area contributed by atoms with Crippen molar-refractivity contribution in [3.63, 3.8) is 0 Å². The van der Waals surface area contributed by atoms with Gasteiger partial charge in [-0.1, -0.05) is 0 Å². The first kappa shape index (κ1) is 5.72. The number of nitrogens with one attached hydrogen (secondary N) is 1. The first-order chi connectivity index (χ1) is 3.93. The SMILES string of the molecule is O=CC1CCNOC1. The molecule has 1 aliphatic heterocycles. The van der Waals surface area contributed by atoms with Crippen molar-refractivity contribution < 1.29 is 9.63 Å². The summed E-state index contributed by atoms with van der Waals surface area (Å²) in [7, 11) is 0. The molecule has 0 spiro atoms. The van der Waals surface area contributed by atoms with Crippen molar-refractivity contribution in [2.75, 3.05) is 13.2 Å². The van der Waals surface area contributed by atoms with Gasteiger partial charge in [-0.05, 0) is 6.42 Å². The van der Waals surface area contributed by atoms with Gasteiger partial charge in [-0.3, -0.25) is 0 Å². The highest BCUT2D eigenvalue weighted by Gasteiger charge is 2.10. The minimum Gasteiger partial charge on any atom is -0.303 e. The number of hydrogen-bond donors (Lipinski definition) is 1. The molecular weight excluding hydrogens is 106 g/mol. The van der Waals surface area contributed by atoms with Crippen LogP contribution in [-0.2, 0) is 9.63 Å². The largest absolute Gasteiger partial charge is 0.303 e. The van der Waals surface area contributed by atoms with Crippen LogP contribution in [0.5, 0.6) is 0 Å². The van der Waals surface area contributed by atoms with Crippen molar-refractivity contribution in [2.45, 2.75) is 6.42 Å². The summed E-state index contributed by atoms with van der Waals surface area (Å²) in [5, 5.41) is 0. The quantitative estimate of drug-likeness (QED) is 0.478. The highest BCUT2D eigenvalue weighted by atomic mass is 16.6. The van der Waals surface area contributed by atoms with Gasteiger partial charge >= 0.3 is 0 Å². The second-order valence-corrected chi connectivity index (χ2v) is 1.89. The monoisotopic (exact) mass is 115 g/mol. The predicted molar refractivity (Wildman–Crippen MR) is 28.1 cm³/mol. The lowest BCUT2D eigenvalue weighted by Crippen LogP contribution is -2.30. The Morgan fingerprint density at radius 2 is 2.62 bits per heavy atom. The van der Waals surface area contributed by atoms with Crippen LogP contribution in [0.3, 0.4) is 0 Å². The van der Waals surface area contributed by atoms with E-state index in [-0.39, 0.29) is 5.92 Å². The van der Waals surface area contributed by atoms with Crippen molar-refractivity contribution in [3.05, 3.63) is 0 Å². The fourth-order valence-corrected chi connectivity index (χ4v) is 0.673. The molecule has 0 aromatic carbocycles. The van der Waals surface area contributed by atoms with E-state index in [1.807, 2.05) is 0 Å². The van der Waals surface area contributed by atoms with Crippen molar-refractivity contribution >= 4 is 6.29 Å². The van der Waals surface area contributed by atoms with Crippen LogP contribution in [0.1, 0.15) is 6.42 Å². The van der Waals surface area contributed by atoms with Crippen LogP contribution in [-0.4, -0.2) is 19.4 Å². The molecule has 1 atom stereocenters. The predicted octanol–water partition coefficient (Wildman–Crippen LogP) is -0.274. The Labute approximate surface area is 48.0 Å². The normalized spacial score (nSPS) is 29.8. The van der Waals surface area contributed by atoms with Gasteiger partial charge in [0.05, 0.1) is 6.61 Å². The maximum Gasteiger partial charge on any atom is 0.125 e. The molecule has 1 rings (SSSR count). The number of carbonyl (C=O) groups excluding carboxylic acids is 1. The highest BCUT2D eigenvalue weighted by Crippen LogP contribution is 2.01. The van der Waals surface area contributed by atoms with E-state index in [0.717, 1.165) is 19.3 Å². The Kier molecular flexibility index (Phi) is 2.00. The van der Waals surface area contributed by atoms with Gasteiger partial charge in [0.1, 0.15) is 6.29 Å². The summed E-state index contributed by atoms with van der Waals surface area (Å²) < 4.78 is 0. The second-order valence-electron chi connectivity index (χ2n) is 1.89. The number of hydroxylamine groups is 1. The van der Waals surface area contributed by atoms with E-state index < -0.39 is 0 Å². The summed E-state index contributed by atoms with van der Waals surface area (Å²) in [5.41, 5.74) is 2.69. The third-order valence-electron chi connectivity index (χ3n) is 1.21.